The van der Waals surface area contributed by atoms with Gasteiger partial charge in [-0.2, -0.15) is 11.8 Å². The van der Waals surface area contributed by atoms with Crippen molar-refractivity contribution in [2.24, 2.45) is 5.73 Å². The molecule has 0 bridgehead atoms. The lowest BCUT2D eigenvalue weighted by Gasteiger charge is -2.26. The van der Waals surface area contributed by atoms with Crippen molar-refractivity contribution in [3.63, 3.8) is 0 Å². The summed E-state index contributed by atoms with van der Waals surface area (Å²) in [5, 5.41) is 3.10. The average molecular weight is 278 g/mol. The molecule has 1 unspecified atom stereocenters. The van der Waals surface area contributed by atoms with Crippen molar-refractivity contribution in [1.29, 1.82) is 0 Å². The number of hydrogen-bond acceptors (Lipinski definition) is 3. The number of amides is 1. The molecular formula is C15H22N2OS. The summed E-state index contributed by atoms with van der Waals surface area (Å²) in [5.41, 5.74) is 8.66. The smallest absolute Gasteiger partial charge is 0.237 e. The molecule has 0 fully saturated rings. The van der Waals surface area contributed by atoms with E-state index in [-0.39, 0.29) is 18.0 Å². The highest BCUT2D eigenvalue weighted by molar-refractivity contribution is 7.98. The van der Waals surface area contributed by atoms with Gasteiger partial charge in [0, 0.05) is 6.04 Å². The fourth-order valence-corrected chi connectivity index (χ4v) is 2.99. The monoisotopic (exact) mass is 278 g/mol. The number of rotatable bonds is 5. The highest BCUT2D eigenvalue weighted by atomic mass is 32.2. The van der Waals surface area contributed by atoms with Gasteiger partial charge in [0.15, 0.2) is 0 Å². The Morgan fingerprint density at radius 3 is 2.95 bits per heavy atom. The Balaban J connectivity index is 1.86. The lowest BCUT2D eigenvalue weighted by Crippen LogP contribution is -2.47. The highest BCUT2D eigenvalue weighted by Gasteiger charge is 2.22. The van der Waals surface area contributed by atoms with E-state index in [1.165, 1.54) is 11.1 Å². The van der Waals surface area contributed by atoms with E-state index < -0.39 is 0 Å². The minimum Gasteiger partial charge on any atom is -0.352 e. The van der Waals surface area contributed by atoms with Gasteiger partial charge in [0.1, 0.15) is 0 Å². The van der Waals surface area contributed by atoms with Crippen molar-refractivity contribution in [3.05, 3.63) is 35.4 Å². The molecule has 3 nitrogen and oxygen atoms in total. The molecule has 0 heterocycles. The summed E-state index contributed by atoms with van der Waals surface area (Å²) in [4.78, 5) is 12.0. The maximum Gasteiger partial charge on any atom is 0.237 e. The van der Waals surface area contributed by atoms with Gasteiger partial charge in [-0.15, -0.1) is 0 Å². The molecule has 1 amide bonds. The van der Waals surface area contributed by atoms with Crippen LogP contribution in [0.2, 0.25) is 0 Å². The van der Waals surface area contributed by atoms with Gasteiger partial charge in [-0.05, 0) is 48.8 Å². The average Bonchev–Trinajstić information content (AvgIpc) is 2.44. The summed E-state index contributed by atoms with van der Waals surface area (Å²) in [6.07, 6.45) is 5.76. The van der Waals surface area contributed by atoms with Gasteiger partial charge in [-0.3, -0.25) is 4.79 Å². The minimum absolute atomic E-state index is 0.00145. The van der Waals surface area contributed by atoms with Crippen molar-refractivity contribution < 1.29 is 4.79 Å². The second kappa shape index (κ2) is 6.96. The molecule has 1 aromatic rings. The second-order valence-corrected chi connectivity index (χ2v) is 6.09. The quantitative estimate of drug-likeness (QED) is 0.862. The summed E-state index contributed by atoms with van der Waals surface area (Å²) in [7, 11) is 0. The van der Waals surface area contributed by atoms with Crippen LogP contribution in [-0.4, -0.2) is 30.0 Å². The van der Waals surface area contributed by atoms with Crippen LogP contribution < -0.4 is 11.1 Å². The Labute approximate surface area is 119 Å². The molecule has 104 valence electrons. The zero-order chi connectivity index (χ0) is 13.7. The van der Waals surface area contributed by atoms with Crippen LogP contribution in [0.1, 0.15) is 24.0 Å². The van der Waals surface area contributed by atoms with Crippen LogP contribution in [0, 0.1) is 0 Å². The molecule has 1 aromatic carbocycles. The Kier molecular flexibility index (Phi) is 5.28. The third-order valence-corrected chi connectivity index (χ3v) is 4.31. The zero-order valence-electron chi connectivity index (χ0n) is 11.4. The number of nitrogens with two attached hydrogens (primary N) is 1. The van der Waals surface area contributed by atoms with E-state index >= 15 is 0 Å². The van der Waals surface area contributed by atoms with Gasteiger partial charge >= 0.3 is 0 Å². The fourth-order valence-electron chi connectivity index (χ4n) is 2.51. The maximum absolute atomic E-state index is 12.0. The molecule has 3 N–H and O–H groups in total. The van der Waals surface area contributed by atoms with E-state index in [2.05, 4.69) is 29.6 Å². The van der Waals surface area contributed by atoms with Gasteiger partial charge in [0.2, 0.25) is 5.91 Å². The molecule has 0 saturated carbocycles. The van der Waals surface area contributed by atoms with E-state index in [1.807, 2.05) is 6.26 Å². The Bertz CT molecular complexity index is 436. The van der Waals surface area contributed by atoms with Crippen molar-refractivity contribution in [1.82, 2.24) is 5.32 Å². The fraction of sp³-hybridized carbons (Fsp3) is 0.533. The van der Waals surface area contributed by atoms with Crippen molar-refractivity contribution >= 4 is 17.7 Å². The van der Waals surface area contributed by atoms with E-state index in [0.29, 0.717) is 0 Å². The highest BCUT2D eigenvalue weighted by Crippen LogP contribution is 2.21. The van der Waals surface area contributed by atoms with E-state index in [4.69, 9.17) is 5.73 Å². The van der Waals surface area contributed by atoms with E-state index in [0.717, 1.165) is 31.4 Å². The summed E-state index contributed by atoms with van der Waals surface area (Å²) in [6.45, 7) is 0. The largest absolute Gasteiger partial charge is 0.352 e. The normalized spacial score (nSPS) is 19.6. The minimum atomic E-state index is -0.371. The molecule has 2 atom stereocenters. The molecular weight excluding hydrogens is 256 g/mol. The first-order valence-corrected chi connectivity index (χ1v) is 8.21. The number of hydrogen-bond donors (Lipinski definition) is 2. The lowest BCUT2D eigenvalue weighted by molar-refractivity contribution is -0.123. The van der Waals surface area contributed by atoms with Crippen LogP contribution in [-0.2, 0) is 17.6 Å². The third-order valence-electron chi connectivity index (χ3n) is 3.66. The molecule has 0 spiro atoms. The Morgan fingerprint density at radius 2 is 2.21 bits per heavy atom. The number of benzene rings is 1. The molecule has 0 aromatic heterocycles. The SMILES string of the molecule is CSCC[C@H](N)C(=O)NC1CCc2ccccc2C1. The van der Waals surface area contributed by atoms with Gasteiger partial charge < -0.3 is 11.1 Å². The molecule has 1 aliphatic carbocycles. The predicted molar refractivity (Wildman–Crippen MR) is 81.4 cm³/mol. The van der Waals surface area contributed by atoms with Crippen LogP contribution in [0.15, 0.2) is 24.3 Å². The van der Waals surface area contributed by atoms with Gasteiger partial charge in [0.05, 0.1) is 6.04 Å². The Hall–Kier alpha value is -1.00. The van der Waals surface area contributed by atoms with Gasteiger partial charge in [-0.25, -0.2) is 0 Å². The molecule has 1 aliphatic rings. The molecule has 0 aliphatic heterocycles. The first-order chi connectivity index (χ1) is 9.20. The summed E-state index contributed by atoms with van der Waals surface area (Å²) in [5.74, 6) is 0.931. The van der Waals surface area contributed by atoms with Crippen LogP contribution in [0.25, 0.3) is 0 Å². The topological polar surface area (TPSA) is 55.1 Å². The summed E-state index contributed by atoms with van der Waals surface area (Å²) < 4.78 is 0. The number of fused-ring (bicyclic) bond motifs is 1. The zero-order valence-corrected chi connectivity index (χ0v) is 12.2. The van der Waals surface area contributed by atoms with Crippen LogP contribution in [0.3, 0.4) is 0 Å². The van der Waals surface area contributed by atoms with Gasteiger partial charge in [-0.1, -0.05) is 24.3 Å². The first kappa shape index (κ1) is 14.4. The molecule has 19 heavy (non-hydrogen) atoms. The Morgan fingerprint density at radius 1 is 1.47 bits per heavy atom. The van der Waals surface area contributed by atoms with Crippen LogP contribution in [0.4, 0.5) is 0 Å². The van der Waals surface area contributed by atoms with E-state index in [9.17, 15) is 4.79 Å². The number of carbonyl (C=O) groups is 1. The van der Waals surface area contributed by atoms with Crippen molar-refractivity contribution in [2.45, 2.75) is 37.8 Å². The van der Waals surface area contributed by atoms with E-state index in [1.54, 1.807) is 11.8 Å². The first-order valence-electron chi connectivity index (χ1n) is 6.82. The molecule has 2 rings (SSSR count). The van der Waals surface area contributed by atoms with Crippen molar-refractivity contribution in [3.8, 4) is 0 Å². The number of nitrogens with one attached hydrogen (secondary N) is 1. The molecule has 4 heteroatoms. The van der Waals surface area contributed by atoms with Crippen LogP contribution in [0.5, 0.6) is 0 Å². The number of aryl methyl sites for hydroxylation is 1. The molecule has 0 radical (unpaired) electrons. The standard InChI is InChI=1S/C15H22N2OS/c1-19-9-8-14(16)15(18)17-13-7-6-11-4-2-3-5-12(11)10-13/h2-5,13-14H,6-10,16H2,1H3,(H,17,18)/t13?,14-/m0/s1. The second-order valence-electron chi connectivity index (χ2n) is 5.10. The lowest BCUT2D eigenvalue weighted by atomic mass is 9.88. The predicted octanol–water partition coefficient (Wildman–Crippen LogP) is 1.74. The molecule has 0 saturated heterocycles. The third kappa shape index (κ3) is 3.98. The van der Waals surface area contributed by atoms with Crippen LogP contribution >= 0.6 is 11.8 Å². The summed E-state index contributed by atoms with van der Waals surface area (Å²) >= 11 is 1.72. The maximum atomic E-state index is 12.0. The number of carbonyl (C=O) groups excluding carboxylic acids is 1. The van der Waals surface area contributed by atoms with Crippen molar-refractivity contribution in [2.75, 3.05) is 12.0 Å². The summed E-state index contributed by atoms with van der Waals surface area (Å²) in [6, 6.07) is 8.34. The number of thioether (sulfide) groups is 1. The van der Waals surface area contributed by atoms with Gasteiger partial charge in [0.25, 0.3) is 0 Å².